The highest BCUT2D eigenvalue weighted by Crippen LogP contribution is 2.38. The van der Waals surface area contributed by atoms with Gasteiger partial charge in [-0.25, -0.2) is 4.98 Å². The van der Waals surface area contributed by atoms with Crippen LogP contribution in [0.5, 0.6) is 11.5 Å². The molecule has 156 valence electrons. The Labute approximate surface area is 188 Å². The Hall–Kier alpha value is -3.49. The molecule has 1 heterocycles. The minimum absolute atomic E-state index is 0.154. The van der Waals surface area contributed by atoms with E-state index in [-0.39, 0.29) is 16.8 Å². The Morgan fingerprint density at radius 2 is 1.87 bits per heavy atom. The van der Waals surface area contributed by atoms with E-state index in [9.17, 15) is 9.90 Å². The number of aryl methyl sites for hydroxylation is 1. The fourth-order valence-corrected chi connectivity index (χ4v) is 4.28. The van der Waals surface area contributed by atoms with Crippen molar-refractivity contribution in [2.45, 2.75) is 6.92 Å². The van der Waals surface area contributed by atoms with Crippen LogP contribution in [-0.2, 0) is 0 Å². The lowest BCUT2D eigenvalue weighted by atomic mass is 10.1. The van der Waals surface area contributed by atoms with Crippen LogP contribution >= 0.6 is 23.6 Å². The number of thiocarbonyl (C=S) groups is 1. The number of hydrogen-bond acceptors (Lipinski definition) is 6. The van der Waals surface area contributed by atoms with E-state index in [0.717, 1.165) is 10.2 Å². The van der Waals surface area contributed by atoms with E-state index in [1.165, 1.54) is 11.3 Å². The first kappa shape index (κ1) is 20.8. The van der Waals surface area contributed by atoms with E-state index in [1.54, 1.807) is 50.4 Å². The Morgan fingerprint density at radius 1 is 1.13 bits per heavy atom. The van der Waals surface area contributed by atoms with Crippen molar-refractivity contribution < 1.29 is 14.6 Å². The number of nitrogens with one attached hydrogen (secondary N) is 2. The topological polar surface area (TPSA) is 83.5 Å². The third-order valence-electron chi connectivity index (χ3n) is 4.66. The molecule has 0 unspecified atom stereocenters. The molecule has 3 N–H and O–H groups in total. The summed E-state index contributed by atoms with van der Waals surface area (Å²) >= 11 is 6.81. The number of benzene rings is 3. The molecule has 31 heavy (non-hydrogen) atoms. The summed E-state index contributed by atoms with van der Waals surface area (Å²) in [6, 6.07) is 18.1. The maximum absolute atomic E-state index is 12.4. The van der Waals surface area contributed by atoms with Gasteiger partial charge in [-0.1, -0.05) is 12.1 Å². The molecule has 4 aromatic rings. The first-order valence-corrected chi connectivity index (χ1v) is 10.6. The largest absolute Gasteiger partial charge is 0.507 e. The summed E-state index contributed by atoms with van der Waals surface area (Å²) in [6.45, 7) is 1.80. The van der Waals surface area contributed by atoms with Crippen molar-refractivity contribution in [3.63, 3.8) is 0 Å². The number of hydrogen-bond donors (Lipinski definition) is 3. The minimum atomic E-state index is -0.331. The molecule has 6 nitrogen and oxygen atoms in total. The maximum Gasteiger partial charge on any atom is 0.257 e. The lowest BCUT2D eigenvalue weighted by Gasteiger charge is -2.13. The second-order valence-corrected chi connectivity index (χ2v) is 8.25. The summed E-state index contributed by atoms with van der Waals surface area (Å²) in [5.41, 5.74) is 3.25. The van der Waals surface area contributed by atoms with Crippen LogP contribution in [0.15, 0.2) is 60.7 Å². The second-order valence-electron chi connectivity index (χ2n) is 6.81. The van der Waals surface area contributed by atoms with Crippen molar-refractivity contribution in [1.82, 2.24) is 10.3 Å². The number of phenols is 1. The lowest BCUT2D eigenvalue weighted by molar-refractivity contribution is 0.0977. The van der Waals surface area contributed by atoms with Crippen LogP contribution in [0.1, 0.15) is 15.9 Å². The van der Waals surface area contributed by atoms with Crippen molar-refractivity contribution in [2.75, 3.05) is 12.4 Å². The van der Waals surface area contributed by atoms with Crippen LogP contribution in [0.25, 0.3) is 20.8 Å². The lowest BCUT2D eigenvalue weighted by Crippen LogP contribution is -2.34. The van der Waals surface area contributed by atoms with Crippen LogP contribution in [0.4, 0.5) is 5.69 Å². The predicted octanol–water partition coefficient (Wildman–Crippen LogP) is 5.11. The first-order valence-electron chi connectivity index (χ1n) is 9.40. The van der Waals surface area contributed by atoms with Gasteiger partial charge in [-0.15, -0.1) is 11.3 Å². The number of aromatic nitrogens is 1. The number of amides is 1. The number of methoxy groups -OCH3 is 1. The minimum Gasteiger partial charge on any atom is -0.507 e. The van der Waals surface area contributed by atoms with Gasteiger partial charge in [0, 0.05) is 11.3 Å². The molecule has 0 saturated carbocycles. The normalized spacial score (nSPS) is 10.6. The molecule has 0 aliphatic heterocycles. The molecule has 3 aromatic carbocycles. The number of nitrogens with zero attached hydrogens (tertiary/aromatic N) is 1. The molecule has 4 rings (SSSR count). The standard InChI is InChI=1S/C23H19N3O3S2/c1-13-11-15(24-23(30)26-21(28)14-7-9-16(29-2)10-8-14)12-17(20(13)27)22-25-18-5-3-4-6-19(18)31-22/h3-12,27H,1-2H3,(H2,24,26,28,30). The average Bonchev–Trinajstić information content (AvgIpc) is 3.20. The molecule has 8 heteroatoms. The van der Waals surface area contributed by atoms with Crippen molar-refractivity contribution in [2.24, 2.45) is 0 Å². The highest BCUT2D eigenvalue weighted by Gasteiger charge is 2.15. The molecule has 0 fully saturated rings. The van der Waals surface area contributed by atoms with E-state index < -0.39 is 0 Å². The van der Waals surface area contributed by atoms with Crippen LogP contribution in [-0.4, -0.2) is 28.2 Å². The van der Waals surface area contributed by atoms with Crippen molar-refractivity contribution in [3.8, 4) is 22.1 Å². The highest BCUT2D eigenvalue weighted by molar-refractivity contribution is 7.80. The predicted molar refractivity (Wildman–Crippen MR) is 128 cm³/mol. The Balaban J connectivity index is 1.54. The first-order chi connectivity index (χ1) is 14.9. The van der Waals surface area contributed by atoms with E-state index in [0.29, 0.717) is 33.1 Å². The average molecular weight is 450 g/mol. The number of phenolic OH excluding ortho intramolecular Hbond substituents is 1. The van der Waals surface area contributed by atoms with E-state index in [1.807, 2.05) is 24.3 Å². The third-order valence-corrected chi connectivity index (χ3v) is 5.94. The third kappa shape index (κ3) is 4.50. The molecule has 0 aliphatic rings. The van der Waals surface area contributed by atoms with E-state index >= 15 is 0 Å². The van der Waals surface area contributed by atoms with Gasteiger partial charge in [0.25, 0.3) is 5.91 Å². The van der Waals surface area contributed by atoms with Crippen molar-refractivity contribution in [1.29, 1.82) is 0 Å². The van der Waals surface area contributed by atoms with Gasteiger partial charge in [0.05, 0.1) is 22.9 Å². The summed E-state index contributed by atoms with van der Waals surface area (Å²) in [4.78, 5) is 17.1. The van der Waals surface area contributed by atoms with E-state index in [4.69, 9.17) is 17.0 Å². The van der Waals surface area contributed by atoms with Gasteiger partial charge in [0.15, 0.2) is 5.11 Å². The zero-order valence-corrected chi connectivity index (χ0v) is 18.4. The van der Waals surface area contributed by atoms with Crippen LogP contribution in [0, 0.1) is 6.92 Å². The number of para-hydroxylation sites is 1. The number of fused-ring (bicyclic) bond motifs is 1. The van der Waals surface area contributed by atoms with Crippen molar-refractivity contribution in [3.05, 3.63) is 71.8 Å². The number of thiazole rings is 1. The fourth-order valence-electron chi connectivity index (χ4n) is 3.08. The molecule has 0 spiro atoms. The van der Waals surface area contributed by atoms with Crippen molar-refractivity contribution >= 4 is 50.5 Å². The zero-order chi connectivity index (χ0) is 22.0. The number of carbonyl (C=O) groups is 1. The molecule has 0 aliphatic carbocycles. The highest BCUT2D eigenvalue weighted by atomic mass is 32.1. The van der Waals surface area contributed by atoms with Gasteiger partial charge in [-0.05, 0) is 73.2 Å². The van der Waals surface area contributed by atoms with Gasteiger partial charge in [-0.2, -0.15) is 0 Å². The summed E-state index contributed by atoms with van der Waals surface area (Å²) in [7, 11) is 1.57. The van der Waals surface area contributed by atoms with Crippen LogP contribution in [0.2, 0.25) is 0 Å². The SMILES string of the molecule is COc1ccc(C(=O)NC(=S)Nc2cc(C)c(O)c(-c3nc4ccccc4s3)c2)cc1. The molecule has 1 amide bonds. The van der Waals surface area contributed by atoms with Gasteiger partial charge >= 0.3 is 0 Å². The number of ether oxygens (including phenoxy) is 1. The van der Waals surface area contributed by atoms with Crippen LogP contribution in [0.3, 0.4) is 0 Å². The van der Waals surface area contributed by atoms with Crippen LogP contribution < -0.4 is 15.4 Å². The zero-order valence-electron chi connectivity index (χ0n) is 16.8. The molecular formula is C23H19N3O3S2. The number of carbonyl (C=O) groups excluding carboxylic acids is 1. The molecule has 0 bridgehead atoms. The molecule has 1 aromatic heterocycles. The molecular weight excluding hydrogens is 430 g/mol. The quantitative estimate of drug-likeness (QED) is 0.297. The number of aromatic hydroxyl groups is 1. The molecule has 0 saturated heterocycles. The van der Waals surface area contributed by atoms with Gasteiger partial charge in [-0.3, -0.25) is 10.1 Å². The maximum atomic E-state index is 12.4. The fraction of sp³-hybridized carbons (Fsp3) is 0.0870. The molecule has 0 radical (unpaired) electrons. The van der Waals surface area contributed by atoms with Gasteiger partial charge < -0.3 is 15.2 Å². The van der Waals surface area contributed by atoms with Gasteiger partial charge in [0.1, 0.15) is 16.5 Å². The Kier molecular flexibility index (Phi) is 5.83. The summed E-state index contributed by atoms with van der Waals surface area (Å²) in [5, 5.41) is 17.1. The second kappa shape index (κ2) is 8.71. The summed E-state index contributed by atoms with van der Waals surface area (Å²) in [5.74, 6) is 0.499. The smallest absolute Gasteiger partial charge is 0.257 e. The van der Waals surface area contributed by atoms with E-state index in [2.05, 4.69) is 15.6 Å². The summed E-state index contributed by atoms with van der Waals surface area (Å²) < 4.78 is 6.14. The summed E-state index contributed by atoms with van der Waals surface area (Å²) in [6.07, 6.45) is 0. The molecule has 0 atom stereocenters. The Morgan fingerprint density at radius 3 is 2.58 bits per heavy atom. The van der Waals surface area contributed by atoms with Gasteiger partial charge in [0.2, 0.25) is 0 Å². The number of anilines is 1. The number of rotatable bonds is 4. The monoisotopic (exact) mass is 449 g/mol. The Bertz CT molecular complexity index is 1250.